The second kappa shape index (κ2) is 5.57. The van der Waals surface area contributed by atoms with Crippen LogP contribution < -0.4 is 0 Å². The number of hydrogen-bond donors (Lipinski definition) is 0. The third-order valence-electron chi connectivity index (χ3n) is 7.42. The summed E-state index contributed by atoms with van der Waals surface area (Å²) in [5, 5.41) is 0. The maximum absolute atomic E-state index is 13.7. The first-order valence-corrected chi connectivity index (χ1v) is 10.0. The van der Waals surface area contributed by atoms with Crippen molar-refractivity contribution in [2.45, 2.75) is 71.7 Å². The molecule has 0 N–H and O–H groups in total. The summed E-state index contributed by atoms with van der Waals surface area (Å²) in [6.07, 6.45) is 2.73. The summed E-state index contributed by atoms with van der Waals surface area (Å²) >= 11 is 0. The van der Waals surface area contributed by atoms with Gasteiger partial charge in [-0.1, -0.05) is 13.5 Å². The molecular weight excluding hydrogens is 346 g/mol. The standard InChI is InChI=1S/C21H31NO5/c1-13-7-8-20-9-10-21(25-11-12-26-21)15(20)19(13,6)16(23)22(14(20)2)17(24)27-18(3,4)5/h13,15H,2,7-12H2,1,3-6H3/t13?,15?,19-,20+/m1/s1. The molecule has 2 aliphatic carbocycles. The predicted molar refractivity (Wildman–Crippen MR) is 98.5 cm³/mol. The van der Waals surface area contributed by atoms with Crippen LogP contribution in [-0.2, 0) is 19.0 Å². The third kappa shape index (κ3) is 2.32. The number of carbonyl (C=O) groups is 2. The Balaban J connectivity index is 1.82. The predicted octanol–water partition coefficient (Wildman–Crippen LogP) is 3.85. The van der Waals surface area contributed by atoms with E-state index in [1.165, 1.54) is 4.90 Å². The molecule has 2 bridgehead atoms. The molecule has 2 amide bonds. The van der Waals surface area contributed by atoms with Gasteiger partial charge in [-0.15, -0.1) is 0 Å². The highest BCUT2D eigenvalue weighted by Gasteiger charge is 2.75. The van der Waals surface area contributed by atoms with Gasteiger partial charge in [-0.25, -0.2) is 9.69 Å². The van der Waals surface area contributed by atoms with E-state index in [4.69, 9.17) is 14.2 Å². The molecule has 0 aromatic carbocycles. The number of rotatable bonds is 0. The van der Waals surface area contributed by atoms with Crippen LogP contribution in [0, 0.1) is 22.7 Å². The average molecular weight is 377 g/mol. The normalized spacial score (nSPS) is 40.4. The molecule has 2 heterocycles. The van der Waals surface area contributed by atoms with Crippen LogP contribution in [0.3, 0.4) is 0 Å². The van der Waals surface area contributed by atoms with Crippen LogP contribution in [0.15, 0.2) is 12.3 Å². The van der Waals surface area contributed by atoms with Crippen LogP contribution in [-0.4, -0.2) is 41.5 Å². The molecule has 0 aromatic rings. The van der Waals surface area contributed by atoms with Crippen molar-refractivity contribution in [1.29, 1.82) is 0 Å². The van der Waals surface area contributed by atoms with Crippen molar-refractivity contribution in [3.63, 3.8) is 0 Å². The topological polar surface area (TPSA) is 65.1 Å². The van der Waals surface area contributed by atoms with Crippen LogP contribution in [0.2, 0.25) is 0 Å². The van der Waals surface area contributed by atoms with Gasteiger partial charge in [0.15, 0.2) is 5.79 Å². The SMILES string of the molecule is C=C1N(C(=O)OC(C)(C)C)C(=O)[C@]2(C)C(C)CC[C@]13CCC1(OCCO1)C32. The summed E-state index contributed by atoms with van der Waals surface area (Å²) in [7, 11) is 0. The van der Waals surface area contributed by atoms with Gasteiger partial charge in [-0.3, -0.25) is 4.79 Å². The van der Waals surface area contributed by atoms with Crippen LogP contribution in [0.4, 0.5) is 4.79 Å². The number of amides is 2. The van der Waals surface area contributed by atoms with E-state index >= 15 is 0 Å². The minimum atomic E-state index is -0.753. The smallest absolute Gasteiger partial charge is 0.421 e. The summed E-state index contributed by atoms with van der Waals surface area (Å²) in [6.45, 7) is 14.9. The second-order valence-corrected chi connectivity index (χ2v) is 9.89. The molecule has 2 saturated carbocycles. The van der Waals surface area contributed by atoms with Gasteiger partial charge in [0.1, 0.15) is 5.60 Å². The number of hydrogen-bond acceptors (Lipinski definition) is 5. The number of allylic oxidation sites excluding steroid dienone is 1. The quantitative estimate of drug-likeness (QED) is 0.641. The van der Waals surface area contributed by atoms with Gasteiger partial charge in [0.25, 0.3) is 0 Å². The maximum Gasteiger partial charge on any atom is 0.421 e. The highest BCUT2D eigenvalue weighted by Crippen LogP contribution is 2.72. The molecule has 4 fully saturated rings. The van der Waals surface area contributed by atoms with Gasteiger partial charge in [-0.05, 0) is 52.9 Å². The van der Waals surface area contributed by atoms with Gasteiger partial charge in [0.2, 0.25) is 5.91 Å². The van der Waals surface area contributed by atoms with Crippen molar-refractivity contribution in [2.75, 3.05) is 13.2 Å². The lowest BCUT2D eigenvalue weighted by Crippen LogP contribution is -2.68. The van der Waals surface area contributed by atoms with E-state index in [2.05, 4.69) is 13.5 Å². The molecule has 4 aliphatic rings. The Labute approximate surface area is 161 Å². The first-order chi connectivity index (χ1) is 12.5. The Morgan fingerprint density at radius 2 is 1.85 bits per heavy atom. The van der Waals surface area contributed by atoms with Crippen LogP contribution in [0.5, 0.6) is 0 Å². The minimum Gasteiger partial charge on any atom is -0.443 e. The fourth-order valence-electron chi connectivity index (χ4n) is 6.12. The number of ether oxygens (including phenoxy) is 3. The van der Waals surface area contributed by atoms with E-state index in [1.807, 2.05) is 6.92 Å². The molecule has 6 nitrogen and oxygen atoms in total. The van der Waals surface area contributed by atoms with Gasteiger partial charge >= 0.3 is 6.09 Å². The molecule has 1 spiro atoms. The number of imide groups is 1. The minimum absolute atomic E-state index is 0.115. The van der Waals surface area contributed by atoms with Crippen molar-refractivity contribution in [2.24, 2.45) is 22.7 Å². The number of likely N-dealkylation sites (tertiary alicyclic amines) is 1. The van der Waals surface area contributed by atoms with Crippen LogP contribution in [0.1, 0.15) is 60.3 Å². The summed E-state index contributed by atoms with van der Waals surface area (Å²) < 4.78 is 17.8. The number of piperidine rings is 1. The summed E-state index contributed by atoms with van der Waals surface area (Å²) in [4.78, 5) is 27.9. The van der Waals surface area contributed by atoms with E-state index in [0.717, 1.165) is 25.7 Å². The molecule has 27 heavy (non-hydrogen) atoms. The molecule has 4 rings (SSSR count). The first-order valence-electron chi connectivity index (χ1n) is 10.0. The van der Waals surface area contributed by atoms with Gasteiger partial charge in [0.05, 0.1) is 18.6 Å². The fraction of sp³-hybridized carbons (Fsp3) is 0.810. The van der Waals surface area contributed by atoms with Crippen molar-refractivity contribution < 1.29 is 23.8 Å². The highest BCUT2D eigenvalue weighted by atomic mass is 16.7. The lowest BCUT2D eigenvalue weighted by Gasteiger charge is -2.61. The Hall–Kier alpha value is -1.40. The number of carbonyl (C=O) groups excluding carboxylic acids is 2. The van der Waals surface area contributed by atoms with Crippen LogP contribution >= 0.6 is 0 Å². The Morgan fingerprint density at radius 1 is 1.22 bits per heavy atom. The molecule has 2 saturated heterocycles. The Morgan fingerprint density at radius 3 is 2.44 bits per heavy atom. The zero-order valence-electron chi connectivity index (χ0n) is 17.1. The Bertz CT molecular complexity index is 704. The molecule has 2 aliphatic heterocycles. The van der Waals surface area contributed by atoms with E-state index < -0.39 is 22.9 Å². The van der Waals surface area contributed by atoms with Gasteiger partial charge < -0.3 is 14.2 Å². The average Bonchev–Trinajstić information content (AvgIpc) is 3.16. The lowest BCUT2D eigenvalue weighted by atomic mass is 9.48. The van der Waals surface area contributed by atoms with Gasteiger partial charge in [0, 0.05) is 23.5 Å². The van der Waals surface area contributed by atoms with Crippen molar-refractivity contribution in [3.8, 4) is 0 Å². The Kier molecular flexibility index (Phi) is 3.91. The zero-order valence-corrected chi connectivity index (χ0v) is 17.1. The molecule has 6 heteroatoms. The molecule has 0 aromatic heterocycles. The fourth-order valence-corrected chi connectivity index (χ4v) is 6.12. The largest absolute Gasteiger partial charge is 0.443 e. The lowest BCUT2D eigenvalue weighted by molar-refractivity contribution is -0.246. The monoisotopic (exact) mass is 377 g/mol. The zero-order chi connectivity index (χ0) is 19.8. The summed E-state index contributed by atoms with van der Waals surface area (Å²) in [6, 6.07) is 0. The molecular formula is C21H31NO5. The molecule has 150 valence electrons. The van der Waals surface area contributed by atoms with Crippen molar-refractivity contribution >= 4 is 12.0 Å². The van der Waals surface area contributed by atoms with E-state index in [9.17, 15) is 9.59 Å². The van der Waals surface area contributed by atoms with Crippen LogP contribution in [0.25, 0.3) is 0 Å². The molecule has 4 atom stereocenters. The second-order valence-electron chi connectivity index (χ2n) is 9.89. The molecule has 2 unspecified atom stereocenters. The van der Waals surface area contributed by atoms with E-state index in [1.54, 1.807) is 20.8 Å². The van der Waals surface area contributed by atoms with Gasteiger partial charge in [-0.2, -0.15) is 0 Å². The van der Waals surface area contributed by atoms with E-state index in [0.29, 0.717) is 18.9 Å². The first kappa shape index (κ1) is 18.9. The third-order valence-corrected chi connectivity index (χ3v) is 7.42. The summed E-state index contributed by atoms with van der Waals surface area (Å²) in [5.74, 6) is -0.969. The maximum atomic E-state index is 13.7. The molecule has 0 radical (unpaired) electrons. The van der Waals surface area contributed by atoms with Crippen molar-refractivity contribution in [1.82, 2.24) is 4.90 Å². The highest BCUT2D eigenvalue weighted by molar-refractivity contribution is 5.99. The van der Waals surface area contributed by atoms with E-state index in [-0.39, 0.29) is 23.2 Å². The van der Waals surface area contributed by atoms with Crippen molar-refractivity contribution in [3.05, 3.63) is 12.3 Å². The summed E-state index contributed by atoms with van der Waals surface area (Å²) in [5.41, 5.74) is -1.23. The number of nitrogens with zero attached hydrogens (tertiary/aromatic N) is 1.